The molecule has 2 aromatic heterocycles. The molecular weight excluding hydrogens is 334 g/mol. The van der Waals surface area contributed by atoms with Crippen LogP contribution in [0.4, 0.5) is 5.82 Å². The van der Waals surface area contributed by atoms with Crippen molar-refractivity contribution in [3.05, 3.63) is 33.7 Å². The van der Waals surface area contributed by atoms with E-state index in [-0.39, 0.29) is 5.91 Å². The third kappa shape index (κ3) is 4.34. The molecule has 0 saturated carbocycles. The van der Waals surface area contributed by atoms with E-state index in [9.17, 15) is 4.79 Å². The molecular formula is C18H25N5OS. The van der Waals surface area contributed by atoms with Gasteiger partial charge in [0.2, 0.25) is 0 Å². The maximum absolute atomic E-state index is 12.8. The van der Waals surface area contributed by atoms with Gasteiger partial charge in [-0.25, -0.2) is 9.97 Å². The summed E-state index contributed by atoms with van der Waals surface area (Å²) in [5.41, 5.74) is 1.88. The number of likely N-dealkylation sites (tertiary alicyclic amines) is 1. The summed E-state index contributed by atoms with van der Waals surface area (Å²) in [5.74, 6) is 1.48. The molecule has 3 rings (SSSR count). The van der Waals surface area contributed by atoms with Gasteiger partial charge in [-0.15, -0.1) is 11.3 Å². The summed E-state index contributed by atoms with van der Waals surface area (Å²) in [4.78, 5) is 28.8. The maximum Gasteiger partial charge on any atom is 0.265 e. The zero-order valence-electron chi connectivity index (χ0n) is 15.1. The van der Waals surface area contributed by atoms with Crippen molar-refractivity contribution in [3.63, 3.8) is 0 Å². The minimum absolute atomic E-state index is 0.141. The summed E-state index contributed by atoms with van der Waals surface area (Å²) in [6.07, 6.45) is 7.73. The number of rotatable bonds is 4. The summed E-state index contributed by atoms with van der Waals surface area (Å²) in [5, 5.41) is 3.94. The highest BCUT2D eigenvalue weighted by molar-refractivity contribution is 7.13. The number of amides is 1. The Morgan fingerprint density at radius 3 is 2.76 bits per heavy atom. The Morgan fingerprint density at radius 1 is 1.28 bits per heavy atom. The number of hydrogen-bond acceptors (Lipinski definition) is 6. The van der Waals surface area contributed by atoms with E-state index >= 15 is 0 Å². The third-order valence-electron chi connectivity index (χ3n) is 4.69. The second kappa shape index (κ2) is 7.91. The zero-order valence-corrected chi connectivity index (χ0v) is 15.9. The Bertz CT molecular complexity index is 728. The molecule has 6 nitrogen and oxygen atoms in total. The number of anilines is 1. The van der Waals surface area contributed by atoms with Gasteiger partial charge in [-0.05, 0) is 45.4 Å². The van der Waals surface area contributed by atoms with E-state index in [1.165, 1.54) is 11.3 Å². The Kier molecular flexibility index (Phi) is 5.63. The van der Waals surface area contributed by atoms with Crippen molar-refractivity contribution in [3.8, 4) is 0 Å². The summed E-state index contributed by atoms with van der Waals surface area (Å²) in [7, 11) is 1.84. The summed E-state index contributed by atoms with van der Waals surface area (Å²) in [6, 6.07) is 0. The minimum Gasteiger partial charge on any atom is -0.372 e. The van der Waals surface area contributed by atoms with Gasteiger partial charge in [0.15, 0.2) is 0 Å². The van der Waals surface area contributed by atoms with E-state index in [1.807, 2.05) is 32.0 Å². The monoisotopic (exact) mass is 359 g/mol. The molecule has 1 atom stereocenters. The van der Waals surface area contributed by atoms with E-state index in [0.717, 1.165) is 65.9 Å². The predicted molar refractivity (Wildman–Crippen MR) is 100 cm³/mol. The summed E-state index contributed by atoms with van der Waals surface area (Å²) >= 11 is 1.50. The third-order valence-corrected chi connectivity index (χ3v) is 5.75. The molecule has 1 saturated heterocycles. The highest BCUT2D eigenvalue weighted by atomic mass is 32.1. The van der Waals surface area contributed by atoms with Gasteiger partial charge in [-0.1, -0.05) is 0 Å². The van der Waals surface area contributed by atoms with Crippen molar-refractivity contribution >= 4 is 23.1 Å². The van der Waals surface area contributed by atoms with Gasteiger partial charge in [0.1, 0.15) is 10.7 Å². The van der Waals surface area contributed by atoms with Crippen LogP contribution in [0, 0.1) is 19.8 Å². The first-order chi connectivity index (χ1) is 12.1. The highest BCUT2D eigenvalue weighted by Gasteiger charge is 2.24. The van der Waals surface area contributed by atoms with Crippen molar-refractivity contribution < 1.29 is 4.79 Å². The fraction of sp³-hybridized carbons (Fsp3) is 0.556. The van der Waals surface area contributed by atoms with Gasteiger partial charge >= 0.3 is 0 Å². The standard InChI is InChI=1S/C18H25N5OS/c1-12-17(25-13(2)22-12)18(24)23-7-4-5-14(6-8-23)9-15-10-21-16(19-3)11-20-15/h10-11,14H,4-9H2,1-3H3,(H,19,21)/t14-/m0/s1. The number of hydrogen-bond donors (Lipinski definition) is 1. The van der Waals surface area contributed by atoms with Gasteiger partial charge < -0.3 is 10.2 Å². The normalized spacial score (nSPS) is 18.0. The highest BCUT2D eigenvalue weighted by Crippen LogP contribution is 2.25. The molecule has 0 unspecified atom stereocenters. The number of aromatic nitrogens is 3. The largest absolute Gasteiger partial charge is 0.372 e. The van der Waals surface area contributed by atoms with Crippen LogP contribution in [-0.2, 0) is 6.42 Å². The van der Waals surface area contributed by atoms with Crippen LogP contribution in [0.3, 0.4) is 0 Å². The Labute approximate surface area is 152 Å². The lowest BCUT2D eigenvalue weighted by atomic mass is 9.95. The van der Waals surface area contributed by atoms with Crippen LogP contribution in [0.2, 0.25) is 0 Å². The zero-order chi connectivity index (χ0) is 17.8. The van der Waals surface area contributed by atoms with Crippen molar-refractivity contribution in [2.45, 2.75) is 39.5 Å². The fourth-order valence-corrected chi connectivity index (χ4v) is 4.22. The first kappa shape index (κ1) is 17.8. The average Bonchev–Trinajstić information content (AvgIpc) is 2.81. The topological polar surface area (TPSA) is 71.0 Å². The van der Waals surface area contributed by atoms with Crippen molar-refractivity contribution in [2.75, 3.05) is 25.5 Å². The van der Waals surface area contributed by atoms with Crippen molar-refractivity contribution in [1.82, 2.24) is 19.9 Å². The number of thiazole rings is 1. The van der Waals surface area contributed by atoms with Crippen LogP contribution < -0.4 is 5.32 Å². The smallest absolute Gasteiger partial charge is 0.265 e. The molecule has 134 valence electrons. The summed E-state index contributed by atoms with van der Waals surface area (Å²) in [6.45, 7) is 5.51. The van der Waals surface area contributed by atoms with Gasteiger partial charge in [-0.3, -0.25) is 9.78 Å². The molecule has 25 heavy (non-hydrogen) atoms. The molecule has 1 aliphatic rings. The van der Waals surface area contributed by atoms with Crippen LogP contribution >= 0.6 is 11.3 Å². The lowest BCUT2D eigenvalue weighted by Gasteiger charge is -2.20. The Hall–Kier alpha value is -2.02. The molecule has 1 fully saturated rings. The van der Waals surface area contributed by atoms with Crippen LogP contribution in [-0.4, -0.2) is 45.9 Å². The minimum atomic E-state index is 0.141. The predicted octanol–water partition coefficient (Wildman–Crippen LogP) is 3.08. The summed E-state index contributed by atoms with van der Waals surface area (Å²) < 4.78 is 0. The second-order valence-corrected chi connectivity index (χ2v) is 7.79. The van der Waals surface area contributed by atoms with Crippen LogP contribution in [0.25, 0.3) is 0 Å². The Balaban J connectivity index is 1.60. The van der Waals surface area contributed by atoms with Gasteiger partial charge in [-0.2, -0.15) is 0 Å². The number of carbonyl (C=O) groups is 1. The van der Waals surface area contributed by atoms with Gasteiger partial charge in [0.05, 0.1) is 28.8 Å². The molecule has 1 N–H and O–H groups in total. The van der Waals surface area contributed by atoms with Gasteiger partial charge in [0, 0.05) is 20.1 Å². The fourth-order valence-electron chi connectivity index (χ4n) is 3.33. The number of carbonyl (C=O) groups excluding carboxylic acids is 1. The number of nitrogens with zero attached hydrogens (tertiary/aromatic N) is 4. The van der Waals surface area contributed by atoms with E-state index in [4.69, 9.17) is 0 Å². The molecule has 2 aromatic rings. The molecule has 0 bridgehead atoms. The molecule has 1 aliphatic heterocycles. The molecule has 0 radical (unpaired) electrons. The quantitative estimate of drug-likeness (QED) is 0.908. The lowest BCUT2D eigenvalue weighted by molar-refractivity contribution is 0.0764. The van der Waals surface area contributed by atoms with Gasteiger partial charge in [0.25, 0.3) is 5.91 Å². The van der Waals surface area contributed by atoms with E-state index in [2.05, 4.69) is 20.3 Å². The SMILES string of the molecule is CNc1cnc(C[C@H]2CCCN(C(=O)c3sc(C)nc3C)CC2)cn1. The van der Waals surface area contributed by atoms with E-state index in [1.54, 1.807) is 6.20 Å². The van der Waals surface area contributed by atoms with Crippen molar-refractivity contribution in [2.24, 2.45) is 5.92 Å². The average molecular weight is 359 g/mol. The molecule has 3 heterocycles. The van der Waals surface area contributed by atoms with E-state index in [0.29, 0.717) is 5.92 Å². The Morgan fingerprint density at radius 2 is 2.12 bits per heavy atom. The second-order valence-electron chi connectivity index (χ2n) is 6.58. The van der Waals surface area contributed by atoms with Crippen molar-refractivity contribution in [1.29, 1.82) is 0 Å². The molecule has 1 amide bonds. The number of nitrogens with one attached hydrogen (secondary N) is 1. The first-order valence-corrected chi connectivity index (χ1v) is 9.60. The first-order valence-electron chi connectivity index (χ1n) is 8.78. The lowest BCUT2D eigenvalue weighted by Crippen LogP contribution is -2.32. The van der Waals surface area contributed by atoms with Crippen LogP contribution in [0.1, 0.15) is 45.3 Å². The molecule has 7 heteroatoms. The van der Waals surface area contributed by atoms with Crippen LogP contribution in [0.15, 0.2) is 12.4 Å². The van der Waals surface area contributed by atoms with Crippen LogP contribution in [0.5, 0.6) is 0 Å². The maximum atomic E-state index is 12.8. The molecule has 0 spiro atoms. The molecule has 0 aromatic carbocycles. The molecule has 0 aliphatic carbocycles. The van der Waals surface area contributed by atoms with E-state index < -0.39 is 0 Å². The number of aryl methyl sites for hydroxylation is 2.